The molecule has 0 aliphatic rings. The van der Waals surface area contributed by atoms with E-state index in [2.05, 4.69) is 0 Å². The van der Waals surface area contributed by atoms with Gasteiger partial charge in [-0.05, 0) is 20.8 Å². The lowest BCUT2D eigenvalue weighted by Gasteiger charge is -2.30. The Bertz CT molecular complexity index is 231. The molecule has 0 aliphatic heterocycles. The van der Waals surface area contributed by atoms with Crippen molar-refractivity contribution in [1.29, 1.82) is 0 Å². The van der Waals surface area contributed by atoms with Gasteiger partial charge in [-0.3, -0.25) is 15.0 Å². The minimum atomic E-state index is -0.862. The molecule has 0 aromatic rings. The van der Waals surface area contributed by atoms with E-state index in [1.54, 1.807) is 11.8 Å². The summed E-state index contributed by atoms with van der Waals surface area (Å²) in [6.45, 7) is 5.82. The summed E-state index contributed by atoms with van der Waals surface area (Å²) in [5.74, 6) is -0.454. The van der Waals surface area contributed by atoms with Crippen molar-refractivity contribution in [3.63, 3.8) is 0 Å². The molecule has 0 aromatic carbocycles. The number of amides is 3. The summed E-state index contributed by atoms with van der Waals surface area (Å²) in [5.41, 5.74) is 4.84. The highest BCUT2D eigenvalue weighted by molar-refractivity contribution is 5.96. The summed E-state index contributed by atoms with van der Waals surface area (Å²) in [7, 11) is 0. The molecule has 0 spiro atoms. The largest absolute Gasteiger partial charge is 0.395 e. The van der Waals surface area contributed by atoms with Gasteiger partial charge in [0.15, 0.2) is 0 Å². The molecule has 0 radical (unpaired) electrons. The van der Waals surface area contributed by atoms with E-state index in [0.717, 1.165) is 0 Å². The van der Waals surface area contributed by atoms with Crippen LogP contribution in [0.15, 0.2) is 0 Å². The van der Waals surface area contributed by atoms with Crippen LogP contribution < -0.4 is 11.1 Å². The fourth-order valence-electron chi connectivity index (χ4n) is 1.39. The summed E-state index contributed by atoms with van der Waals surface area (Å²) < 4.78 is 0. The molecule has 3 amide bonds. The van der Waals surface area contributed by atoms with Gasteiger partial charge in [0, 0.05) is 12.6 Å². The summed E-state index contributed by atoms with van der Waals surface area (Å²) in [4.78, 5) is 23.7. The maximum atomic E-state index is 11.4. The molecular weight excluding hydrogens is 198 g/mol. The van der Waals surface area contributed by atoms with E-state index >= 15 is 0 Å². The van der Waals surface area contributed by atoms with E-state index in [1.807, 2.05) is 19.2 Å². The summed E-state index contributed by atoms with van der Waals surface area (Å²) in [5, 5.41) is 10.8. The second kappa shape index (κ2) is 6.36. The number of rotatable bonds is 5. The first-order valence-electron chi connectivity index (χ1n) is 4.87. The molecular formula is C9H19N3O3. The molecule has 0 fully saturated rings. The van der Waals surface area contributed by atoms with Gasteiger partial charge in [0.2, 0.25) is 5.91 Å². The lowest BCUT2D eigenvalue weighted by molar-refractivity contribution is -0.125. The summed E-state index contributed by atoms with van der Waals surface area (Å²) in [6, 6.07) is -1.25. The molecule has 6 nitrogen and oxygen atoms in total. The maximum Gasteiger partial charge on any atom is 0.318 e. The topological polar surface area (TPSA) is 95.7 Å². The smallest absolute Gasteiger partial charge is 0.318 e. The Morgan fingerprint density at radius 2 is 1.93 bits per heavy atom. The molecule has 0 rings (SSSR count). The van der Waals surface area contributed by atoms with Crippen LogP contribution in [0.5, 0.6) is 0 Å². The van der Waals surface area contributed by atoms with Gasteiger partial charge < -0.3 is 10.8 Å². The molecule has 0 bridgehead atoms. The second-order valence-corrected chi connectivity index (χ2v) is 3.58. The third-order valence-electron chi connectivity index (χ3n) is 2.14. The number of aliphatic hydroxyl groups excluding tert-OH is 1. The monoisotopic (exact) mass is 217 g/mol. The van der Waals surface area contributed by atoms with E-state index in [-0.39, 0.29) is 12.6 Å². The fraction of sp³-hybridized carbons (Fsp3) is 0.778. The molecule has 0 aliphatic carbocycles. The van der Waals surface area contributed by atoms with E-state index < -0.39 is 18.0 Å². The molecule has 15 heavy (non-hydrogen) atoms. The quantitative estimate of drug-likeness (QED) is 0.566. The Labute approximate surface area is 89.4 Å². The van der Waals surface area contributed by atoms with Crippen LogP contribution in [0.4, 0.5) is 4.79 Å². The van der Waals surface area contributed by atoms with Crippen LogP contribution in [0.2, 0.25) is 0 Å². The predicted molar refractivity (Wildman–Crippen MR) is 56.1 cm³/mol. The van der Waals surface area contributed by atoms with Crippen molar-refractivity contribution in [3.05, 3.63) is 0 Å². The van der Waals surface area contributed by atoms with E-state index in [0.29, 0.717) is 6.54 Å². The van der Waals surface area contributed by atoms with Gasteiger partial charge in [-0.25, -0.2) is 4.79 Å². The normalized spacial score (nSPS) is 12.9. The van der Waals surface area contributed by atoms with Gasteiger partial charge in [-0.2, -0.15) is 0 Å². The third kappa shape index (κ3) is 4.75. The number of imide groups is 1. The van der Waals surface area contributed by atoms with Crippen LogP contribution in [-0.4, -0.2) is 47.2 Å². The number of carbonyl (C=O) groups excluding carboxylic acids is 2. The number of aliphatic hydroxyl groups is 1. The first kappa shape index (κ1) is 13.9. The lowest BCUT2D eigenvalue weighted by atomic mass is 10.2. The number of urea groups is 1. The van der Waals surface area contributed by atoms with Crippen molar-refractivity contribution in [2.24, 2.45) is 5.73 Å². The maximum absolute atomic E-state index is 11.4. The van der Waals surface area contributed by atoms with E-state index in [4.69, 9.17) is 10.8 Å². The number of primary amides is 1. The Kier molecular flexibility index (Phi) is 5.88. The number of nitrogens with zero attached hydrogens (tertiary/aromatic N) is 1. The Hall–Kier alpha value is -1.14. The van der Waals surface area contributed by atoms with Crippen molar-refractivity contribution >= 4 is 11.9 Å². The van der Waals surface area contributed by atoms with Crippen molar-refractivity contribution in [3.8, 4) is 0 Å². The highest BCUT2D eigenvalue weighted by atomic mass is 16.3. The zero-order chi connectivity index (χ0) is 12.0. The Morgan fingerprint density at radius 1 is 1.40 bits per heavy atom. The Balaban J connectivity index is 4.41. The van der Waals surface area contributed by atoms with Crippen molar-refractivity contribution in [2.75, 3.05) is 13.2 Å². The number of nitrogens with two attached hydrogens (primary N) is 1. The molecule has 0 saturated heterocycles. The second-order valence-electron chi connectivity index (χ2n) is 3.58. The van der Waals surface area contributed by atoms with Gasteiger partial charge in [0.25, 0.3) is 0 Å². The standard InChI is InChI=1S/C9H19N3O3/c1-6(2)12(4-5-13)7(3)8(14)11-9(10)15/h6-7,13H,4-5H2,1-3H3,(H3,10,11,14,15). The number of nitrogens with one attached hydrogen (secondary N) is 1. The SMILES string of the molecule is CC(C)N(CCO)C(C)C(=O)NC(N)=O. The van der Waals surface area contributed by atoms with Gasteiger partial charge in [0.1, 0.15) is 0 Å². The number of carbonyl (C=O) groups is 2. The van der Waals surface area contributed by atoms with E-state index in [9.17, 15) is 9.59 Å². The fourth-order valence-corrected chi connectivity index (χ4v) is 1.39. The number of hydrogen-bond donors (Lipinski definition) is 3. The van der Waals surface area contributed by atoms with Crippen molar-refractivity contribution < 1.29 is 14.7 Å². The van der Waals surface area contributed by atoms with Crippen LogP contribution >= 0.6 is 0 Å². The predicted octanol–water partition coefficient (Wildman–Crippen LogP) is -0.727. The summed E-state index contributed by atoms with van der Waals surface area (Å²) >= 11 is 0. The molecule has 4 N–H and O–H groups in total. The van der Waals surface area contributed by atoms with Gasteiger partial charge in [-0.15, -0.1) is 0 Å². The average molecular weight is 217 g/mol. The zero-order valence-corrected chi connectivity index (χ0v) is 9.36. The van der Waals surface area contributed by atoms with Crippen molar-refractivity contribution in [1.82, 2.24) is 10.2 Å². The highest BCUT2D eigenvalue weighted by Gasteiger charge is 2.23. The van der Waals surface area contributed by atoms with Crippen molar-refractivity contribution in [2.45, 2.75) is 32.9 Å². The highest BCUT2D eigenvalue weighted by Crippen LogP contribution is 2.04. The average Bonchev–Trinajstić information content (AvgIpc) is 2.11. The minimum Gasteiger partial charge on any atom is -0.395 e. The minimum absolute atomic E-state index is 0.0353. The summed E-state index contributed by atoms with van der Waals surface area (Å²) in [6.07, 6.45) is 0. The van der Waals surface area contributed by atoms with Crippen LogP contribution in [0.25, 0.3) is 0 Å². The van der Waals surface area contributed by atoms with Gasteiger partial charge in [0.05, 0.1) is 12.6 Å². The molecule has 0 heterocycles. The molecule has 1 unspecified atom stereocenters. The molecule has 88 valence electrons. The van der Waals surface area contributed by atoms with Gasteiger partial charge in [-0.1, -0.05) is 0 Å². The van der Waals surface area contributed by atoms with E-state index in [1.165, 1.54) is 0 Å². The Morgan fingerprint density at radius 3 is 2.27 bits per heavy atom. The number of hydrogen-bond acceptors (Lipinski definition) is 4. The third-order valence-corrected chi connectivity index (χ3v) is 2.14. The van der Waals surface area contributed by atoms with Crippen LogP contribution in [0, 0.1) is 0 Å². The first-order valence-corrected chi connectivity index (χ1v) is 4.87. The molecule has 0 aromatic heterocycles. The van der Waals surface area contributed by atoms with Crippen LogP contribution in [0.3, 0.4) is 0 Å². The first-order chi connectivity index (χ1) is 6.90. The molecule has 0 saturated carbocycles. The lowest BCUT2D eigenvalue weighted by Crippen LogP contribution is -2.51. The van der Waals surface area contributed by atoms with Crippen LogP contribution in [0.1, 0.15) is 20.8 Å². The van der Waals surface area contributed by atoms with Crippen LogP contribution in [-0.2, 0) is 4.79 Å². The zero-order valence-electron chi connectivity index (χ0n) is 9.36. The molecule has 1 atom stereocenters. The van der Waals surface area contributed by atoms with Gasteiger partial charge >= 0.3 is 6.03 Å². The molecule has 6 heteroatoms.